The van der Waals surface area contributed by atoms with Crippen molar-refractivity contribution >= 4 is 5.69 Å². The number of aromatic nitrogens is 3. The van der Waals surface area contributed by atoms with Crippen LogP contribution in [0.3, 0.4) is 0 Å². The van der Waals surface area contributed by atoms with E-state index in [1.54, 1.807) is 24.4 Å². The molecular formula is C14H12N4O3. The van der Waals surface area contributed by atoms with Crippen LogP contribution in [0, 0.1) is 0 Å². The number of phenols is 1. The molecule has 3 rings (SSSR count). The molecule has 2 aromatic heterocycles. The molecule has 0 saturated heterocycles. The fourth-order valence-electron chi connectivity index (χ4n) is 1.87. The second kappa shape index (κ2) is 5.12. The van der Waals surface area contributed by atoms with Crippen LogP contribution in [0.15, 0.2) is 41.2 Å². The molecule has 0 bridgehead atoms. The van der Waals surface area contributed by atoms with E-state index in [-0.39, 0.29) is 5.75 Å². The number of anilines is 1. The minimum absolute atomic E-state index is 0.0448. The van der Waals surface area contributed by atoms with Crippen molar-refractivity contribution in [1.82, 2.24) is 15.1 Å². The monoisotopic (exact) mass is 284 g/mol. The molecule has 0 atom stereocenters. The van der Waals surface area contributed by atoms with Crippen LogP contribution in [0.25, 0.3) is 22.8 Å². The number of ether oxygens (including phenoxy) is 1. The van der Waals surface area contributed by atoms with Gasteiger partial charge in [0.1, 0.15) is 0 Å². The topological polar surface area (TPSA) is 107 Å². The normalized spacial score (nSPS) is 10.5. The Labute approximate surface area is 120 Å². The van der Waals surface area contributed by atoms with Gasteiger partial charge in [0.05, 0.1) is 24.6 Å². The fraction of sp³-hybridized carbons (Fsp3) is 0.0714. The van der Waals surface area contributed by atoms with Crippen LogP contribution in [-0.2, 0) is 0 Å². The average Bonchev–Trinajstić information content (AvgIpc) is 2.98. The number of nitrogens with two attached hydrogens (primary N) is 1. The molecule has 0 aliphatic heterocycles. The van der Waals surface area contributed by atoms with E-state index in [0.29, 0.717) is 34.3 Å². The van der Waals surface area contributed by atoms with Gasteiger partial charge in [-0.2, -0.15) is 4.98 Å². The first kappa shape index (κ1) is 12.9. The number of benzene rings is 1. The van der Waals surface area contributed by atoms with Crippen molar-refractivity contribution in [3.63, 3.8) is 0 Å². The van der Waals surface area contributed by atoms with Crippen LogP contribution in [0.1, 0.15) is 0 Å². The van der Waals surface area contributed by atoms with Crippen LogP contribution >= 0.6 is 0 Å². The molecule has 2 heterocycles. The molecule has 1 aromatic carbocycles. The standard InChI is InChI=1S/C14H12N4O3/c1-20-12-6-8(2-3-11(12)19)13-17-14(21-18-13)9-4-5-16-7-10(9)15/h2-7,19H,15H2,1H3. The predicted octanol–water partition coefficient (Wildman–Crippen LogP) is 2.10. The summed E-state index contributed by atoms with van der Waals surface area (Å²) in [4.78, 5) is 8.20. The lowest BCUT2D eigenvalue weighted by Crippen LogP contribution is -1.91. The Morgan fingerprint density at radius 1 is 1.29 bits per heavy atom. The first-order valence-corrected chi connectivity index (χ1v) is 6.10. The summed E-state index contributed by atoms with van der Waals surface area (Å²) >= 11 is 0. The summed E-state index contributed by atoms with van der Waals surface area (Å²) in [5.74, 6) is 1.06. The quantitative estimate of drug-likeness (QED) is 0.758. The van der Waals surface area contributed by atoms with Crippen molar-refractivity contribution in [3.8, 4) is 34.3 Å². The molecule has 0 unspecified atom stereocenters. The van der Waals surface area contributed by atoms with E-state index >= 15 is 0 Å². The maximum atomic E-state index is 9.59. The average molecular weight is 284 g/mol. The summed E-state index contributed by atoms with van der Waals surface area (Å²) in [6.45, 7) is 0. The molecule has 7 nitrogen and oxygen atoms in total. The molecule has 0 aliphatic rings. The lowest BCUT2D eigenvalue weighted by molar-refractivity contribution is 0.373. The van der Waals surface area contributed by atoms with Crippen LogP contribution in [0.5, 0.6) is 11.5 Å². The highest BCUT2D eigenvalue weighted by molar-refractivity contribution is 5.70. The molecule has 0 radical (unpaired) electrons. The second-order valence-corrected chi connectivity index (χ2v) is 4.27. The van der Waals surface area contributed by atoms with Gasteiger partial charge in [-0.3, -0.25) is 4.98 Å². The van der Waals surface area contributed by atoms with Crippen molar-refractivity contribution in [1.29, 1.82) is 0 Å². The van der Waals surface area contributed by atoms with Gasteiger partial charge in [-0.25, -0.2) is 0 Å². The lowest BCUT2D eigenvalue weighted by atomic mass is 10.2. The van der Waals surface area contributed by atoms with Crippen LogP contribution in [-0.4, -0.2) is 27.3 Å². The van der Waals surface area contributed by atoms with Crippen molar-refractivity contribution in [3.05, 3.63) is 36.7 Å². The van der Waals surface area contributed by atoms with Gasteiger partial charge in [-0.15, -0.1) is 0 Å². The summed E-state index contributed by atoms with van der Waals surface area (Å²) < 4.78 is 10.3. The number of nitrogen functional groups attached to an aromatic ring is 1. The Balaban J connectivity index is 2.01. The van der Waals surface area contributed by atoms with E-state index in [2.05, 4.69) is 15.1 Å². The summed E-state index contributed by atoms with van der Waals surface area (Å²) in [6, 6.07) is 6.50. The number of hydrogen-bond donors (Lipinski definition) is 2. The molecule has 3 N–H and O–H groups in total. The van der Waals surface area contributed by atoms with Gasteiger partial charge in [-0.1, -0.05) is 5.16 Å². The van der Waals surface area contributed by atoms with Crippen LogP contribution in [0.4, 0.5) is 5.69 Å². The number of phenolic OH excluding ortho intramolecular Hbond substituents is 1. The maximum Gasteiger partial charge on any atom is 0.260 e. The Morgan fingerprint density at radius 2 is 2.14 bits per heavy atom. The first-order chi connectivity index (χ1) is 10.2. The third-order valence-electron chi connectivity index (χ3n) is 2.95. The summed E-state index contributed by atoms with van der Waals surface area (Å²) in [6.07, 6.45) is 3.11. The van der Waals surface area contributed by atoms with Gasteiger partial charge < -0.3 is 20.1 Å². The summed E-state index contributed by atoms with van der Waals surface area (Å²) in [5, 5.41) is 13.5. The Hall–Kier alpha value is -3.09. The Morgan fingerprint density at radius 3 is 2.90 bits per heavy atom. The zero-order valence-electron chi connectivity index (χ0n) is 11.1. The Kier molecular flexibility index (Phi) is 3.15. The van der Waals surface area contributed by atoms with Gasteiger partial charge >= 0.3 is 0 Å². The number of hydrogen-bond acceptors (Lipinski definition) is 7. The molecule has 0 fully saturated rings. The molecule has 106 valence electrons. The smallest absolute Gasteiger partial charge is 0.260 e. The fourth-order valence-corrected chi connectivity index (χ4v) is 1.87. The van der Waals surface area contributed by atoms with E-state index in [4.69, 9.17) is 15.0 Å². The number of pyridine rings is 1. The predicted molar refractivity (Wildman–Crippen MR) is 75.6 cm³/mol. The first-order valence-electron chi connectivity index (χ1n) is 6.10. The largest absolute Gasteiger partial charge is 0.504 e. The SMILES string of the molecule is COc1cc(-c2noc(-c3ccncc3N)n2)ccc1O. The van der Waals surface area contributed by atoms with E-state index < -0.39 is 0 Å². The van der Waals surface area contributed by atoms with Gasteiger partial charge in [0.15, 0.2) is 11.5 Å². The highest BCUT2D eigenvalue weighted by atomic mass is 16.5. The van der Waals surface area contributed by atoms with E-state index in [1.165, 1.54) is 19.4 Å². The number of nitrogens with zero attached hydrogens (tertiary/aromatic N) is 3. The minimum Gasteiger partial charge on any atom is -0.504 e. The van der Waals surface area contributed by atoms with E-state index in [0.717, 1.165) is 0 Å². The summed E-state index contributed by atoms with van der Waals surface area (Å²) in [5.41, 5.74) is 7.56. The third kappa shape index (κ3) is 2.36. The molecule has 0 saturated carbocycles. The zero-order valence-corrected chi connectivity index (χ0v) is 11.1. The number of rotatable bonds is 3. The van der Waals surface area contributed by atoms with Gasteiger partial charge in [-0.05, 0) is 24.3 Å². The van der Waals surface area contributed by atoms with E-state index in [1.807, 2.05) is 0 Å². The van der Waals surface area contributed by atoms with Gasteiger partial charge in [0, 0.05) is 11.8 Å². The number of methoxy groups -OCH3 is 1. The molecule has 0 spiro atoms. The van der Waals surface area contributed by atoms with E-state index in [9.17, 15) is 5.11 Å². The van der Waals surface area contributed by atoms with Crippen LogP contribution in [0.2, 0.25) is 0 Å². The van der Waals surface area contributed by atoms with Crippen molar-refractivity contribution in [2.24, 2.45) is 0 Å². The molecular weight excluding hydrogens is 272 g/mol. The molecule has 21 heavy (non-hydrogen) atoms. The summed E-state index contributed by atoms with van der Waals surface area (Å²) in [7, 11) is 1.47. The minimum atomic E-state index is 0.0448. The van der Waals surface area contributed by atoms with Gasteiger partial charge in [0.25, 0.3) is 5.89 Å². The van der Waals surface area contributed by atoms with Crippen molar-refractivity contribution in [2.45, 2.75) is 0 Å². The van der Waals surface area contributed by atoms with Crippen molar-refractivity contribution in [2.75, 3.05) is 12.8 Å². The van der Waals surface area contributed by atoms with Gasteiger partial charge in [0.2, 0.25) is 5.82 Å². The zero-order chi connectivity index (χ0) is 14.8. The maximum absolute atomic E-state index is 9.59. The molecule has 0 amide bonds. The molecule has 3 aromatic rings. The second-order valence-electron chi connectivity index (χ2n) is 4.27. The molecule has 7 heteroatoms. The van der Waals surface area contributed by atoms with Crippen LogP contribution < -0.4 is 10.5 Å². The Bertz CT molecular complexity index is 785. The highest BCUT2D eigenvalue weighted by Crippen LogP contribution is 2.31. The highest BCUT2D eigenvalue weighted by Gasteiger charge is 2.14. The third-order valence-corrected chi connectivity index (χ3v) is 2.95. The lowest BCUT2D eigenvalue weighted by Gasteiger charge is -2.03. The molecule has 0 aliphatic carbocycles. The number of aromatic hydroxyl groups is 1. The van der Waals surface area contributed by atoms with Crippen molar-refractivity contribution < 1.29 is 14.4 Å².